The summed E-state index contributed by atoms with van der Waals surface area (Å²) in [5, 5.41) is 9.57. The molecule has 1 aromatic rings. The molecule has 1 N–H and O–H groups in total. The molecular weight excluding hydrogens is 266 g/mol. The molecule has 1 saturated carbocycles. The van der Waals surface area contributed by atoms with Crippen LogP contribution in [-0.4, -0.2) is 47.6 Å². The van der Waals surface area contributed by atoms with Gasteiger partial charge in [0, 0.05) is 19.5 Å². The predicted octanol–water partition coefficient (Wildman–Crippen LogP) is 2.15. The zero-order chi connectivity index (χ0) is 14.7. The molecule has 0 aromatic heterocycles. The average molecular weight is 289 g/mol. The van der Waals surface area contributed by atoms with Crippen molar-refractivity contribution in [3.63, 3.8) is 0 Å². The van der Waals surface area contributed by atoms with Crippen molar-refractivity contribution in [2.45, 2.75) is 37.6 Å². The average Bonchev–Trinajstić information content (AvgIpc) is 2.99. The number of rotatable bonds is 4. The van der Waals surface area contributed by atoms with Gasteiger partial charge in [0.15, 0.2) is 5.78 Å². The molecule has 0 amide bonds. The third-order valence-corrected chi connectivity index (χ3v) is 4.84. The number of hydrogen-bond acceptors (Lipinski definition) is 4. The van der Waals surface area contributed by atoms with Gasteiger partial charge in [0.1, 0.15) is 5.75 Å². The molecule has 0 radical (unpaired) electrons. The normalized spacial score (nSPS) is 22.3. The molecule has 0 unspecified atom stereocenters. The molecule has 1 heterocycles. The standard InChI is InChI=1S/C17H23NO3/c19-15-5-3-4-14(12-15)13-16(20)17(6-1-2-7-17)18-8-10-21-11-9-18/h3-5,12,19H,1-2,6-11,13H2. The summed E-state index contributed by atoms with van der Waals surface area (Å²) in [4.78, 5) is 15.3. The molecule has 2 aliphatic rings. The number of carbonyl (C=O) groups is 1. The van der Waals surface area contributed by atoms with Crippen molar-refractivity contribution in [3.8, 4) is 5.75 Å². The minimum atomic E-state index is -0.296. The van der Waals surface area contributed by atoms with Gasteiger partial charge in [-0.25, -0.2) is 0 Å². The summed E-state index contributed by atoms with van der Waals surface area (Å²) >= 11 is 0. The summed E-state index contributed by atoms with van der Waals surface area (Å²) < 4.78 is 5.43. The molecule has 0 bridgehead atoms. The number of benzene rings is 1. The Morgan fingerprint density at radius 1 is 1.24 bits per heavy atom. The molecule has 1 aromatic carbocycles. The fraction of sp³-hybridized carbons (Fsp3) is 0.588. The van der Waals surface area contributed by atoms with E-state index >= 15 is 0 Å². The highest BCUT2D eigenvalue weighted by Gasteiger charge is 2.45. The van der Waals surface area contributed by atoms with Crippen molar-refractivity contribution in [2.24, 2.45) is 0 Å². The lowest BCUT2D eigenvalue weighted by atomic mass is 9.86. The summed E-state index contributed by atoms with van der Waals surface area (Å²) in [7, 11) is 0. The first-order valence-electron chi connectivity index (χ1n) is 7.85. The molecule has 0 atom stereocenters. The van der Waals surface area contributed by atoms with Crippen LogP contribution in [0.4, 0.5) is 0 Å². The van der Waals surface area contributed by atoms with Gasteiger partial charge in [-0.15, -0.1) is 0 Å². The zero-order valence-corrected chi connectivity index (χ0v) is 12.4. The van der Waals surface area contributed by atoms with Gasteiger partial charge in [-0.1, -0.05) is 25.0 Å². The van der Waals surface area contributed by atoms with E-state index in [0.717, 1.165) is 57.6 Å². The fourth-order valence-corrected chi connectivity index (χ4v) is 3.74. The highest BCUT2D eigenvalue weighted by atomic mass is 16.5. The van der Waals surface area contributed by atoms with E-state index in [4.69, 9.17) is 4.74 Å². The van der Waals surface area contributed by atoms with Crippen molar-refractivity contribution in [3.05, 3.63) is 29.8 Å². The highest BCUT2D eigenvalue weighted by Crippen LogP contribution is 2.37. The third kappa shape index (κ3) is 2.97. The number of phenolic OH excluding ortho intramolecular Hbond substituents is 1. The number of carbonyl (C=O) groups excluding carboxylic acids is 1. The van der Waals surface area contributed by atoms with Gasteiger partial charge >= 0.3 is 0 Å². The van der Waals surface area contributed by atoms with E-state index in [1.807, 2.05) is 6.07 Å². The molecule has 1 saturated heterocycles. The first kappa shape index (κ1) is 14.5. The van der Waals surface area contributed by atoms with Crippen LogP contribution in [0.25, 0.3) is 0 Å². The molecule has 4 heteroatoms. The lowest BCUT2D eigenvalue weighted by Crippen LogP contribution is -2.57. The topological polar surface area (TPSA) is 49.8 Å². The molecule has 2 fully saturated rings. The summed E-state index contributed by atoms with van der Waals surface area (Å²) in [6, 6.07) is 7.05. The largest absolute Gasteiger partial charge is 0.508 e. The Hall–Kier alpha value is -1.39. The second kappa shape index (κ2) is 6.16. The van der Waals surface area contributed by atoms with Gasteiger partial charge in [0.25, 0.3) is 0 Å². The maximum atomic E-state index is 13.0. The van der Waals surface area contributed by atoms with Gasteiger partial charge in [-0.3, -0.25) is 9.69 Å². The van der Waals surface area contributed by atoms with E-state index < -0.39 is 0 Å². The van der Waals surface area contributed by atoms with E-state index in [9.17, 15) is 9.90 Å². The Morgan fingerprint density at radius 3 is 2.62 bits per heavy atom. The zero-order valence-electron chi connectivity index (χ0n) is 12.4. The van der Waals surface area contributed by atoms with Crippen LogP contribution in [-0.2, 0) is 16.0 Å². The van der Waals surface area contributed by atoms with Crippen LogP contribution in [0.15, 0.2) is 24.3 Å². The number of morpholine rings is 1. The van der Waals surface area contributed by atoms with Crippen molar-refractivity contribution < 1.29 is 14.6 Å². The van der Waals surface area contributed by atoms with Gasteiger partial charge < -0.3 is 9.84 Å². The molecule has 1 aliphatic heterocycles. The van der Waals surface area contributed by atoms with Crippen LogP contribution >= 0.6 is 0 Å². The molecule has 3 rings (SSSR count). The van der Waals surface area contributed by atoms with Crippen LogP contribution in [0.2, 0.25) is 0 Å². The Morgan fingerprint density at radius 2 is 1.95 bits per heavy atom. The van der Waals surface area contributed by atoms with Crippen molar-refractivity contribution >= 4 is 5.78 Å². The number of phenols is 1. The van der Waals surface area contributed by atoms with Gasteiger partial charge in [-0.05, 0) is 30.5 Å². The van der Waals surface area contributed by atoms with Crippen LogP contribution in [0.1, 0.15) is 31.2 Å². The molecule has 21 heavy (non-hydrogen) atoms. The number of hydrogen-bond donors (Lipinski definition) is 1. The molecule has 114 valence electrons. The van der Waals surface area contributed by atoms with Crippen LogP contribution in [0, 0.1) is 0 Å². The first-order valence-corrected chi connectivity index (χ1v) is 7.85. The van der Waals surface area contributed by atoms with Crippen LogP contribution in [0.5, 0.6) is 5.75 Å². The third-order valence-electron chi connectivity index (χ3n) is 4.84. The van der Waals surface area contributed by atoms with Gasteiger partial charge in [-0.2, -0.15) is 0 Å². The molecule has 0 spiro atoms. The Bertz CT molecular complexity index is 503. The van der Waals surface area contributed by atoms with Gasteiger partial charge in [0.2, 0.25) is 0 Å². The second-order valence-electron chi connectivity index (χ2n) is 6.11. The highest BCUT2D eigenvalue weighted by molar-refractivity contribution is 5.90. The van der Waals surface area contributed by atoms with Crippen LogP contribution in [0.3, 0.4) is 0 Å². The number of ether oxygens (including phenoxy) is 1. The number of aromatic hydroxyl groups is 1. The number of nitrogens with zero attached hydrogens (tertiary/aromatic N) is 1. The van der Waals surface area contributed by atoms with E-state index in [1.165, 1.54) is 0 Å². The summed E-state index contributed by atoms with van der Waals surface area (Å²) in [6.45, 7) is 3.15. The summed E-state index contributed by atoms with van der Waals surface area (Å²) in [6.07, 6.45) is 4.59. The van der Waals surface area contributed by atoms with E-state index in [-0.39, 0.29) is 11.3 Å². The van der Waals surface area contributed by atoms with E-state index in [0.29, 0.717) is 12.2 Å². The minimum Gasteiger partial charge on any atom is -0.508 e. The van der Waals surface area contributed by atoms with E-state index in [2.05, 4.69) is 4.90 Å². The first-order chi connectivity index (χ1) is 10.2. The Balaban J connectivity index is 1.78. The monoisotopic (exact) mass is 289 g/mol. The van der Waals surface area contributed by atoms with Gasteiger partial charge in [0.05, 0.1) is 18.8 Å². The lowest BCUT2D eigenvalue weighted by Gasteiger charge is -2.42. The summed E-state index contributed by atoms with van der Waals surface area (Å²) in [5.41, 5.74) is 0.606. The fourth-order valence-electron chi connectivity index (χ4n) is 3.74. The maximum absolute atomic E-state index is 13.0. The molecule has 4 nitrogen and oxygen atoms in total. The van der Waals surface area contributed by atoms with E-state index in [1.54, 1.807) is 18.2 Å². The Labute approximate surface area is 125 Å². The Kier molecular flexibility index (Phi) is 4.27. The van der Waals surface area contributed by atoms with Crippen molar-refractivity contribution in [1.82, 2.24) is 4.90 Å². The lowest BCUT2D eigenvalue weighted by molar-refractivity contribution is -0.133. The van der Waals surface area contributed by atoms with Crippen molar-refractivity contribution in [1.29, 1.82) is 0 Å². The number of Topliss-reactive ketones (excluding diaryl/α,β-unsaturated/α-hetero) is 1. The smallest absolute Gasteiger partial charge is 0.157 e. The number of ketones is 1. The quantitative estimate of drug-likeness (QED) is 0.922. The maximum Gasteiger partial charge on any atom is 0.157 e. The van der Waals surface area contributed by atoms with Crippen LogP contribution < -0.4 is 0 Å². The summed E-state index contributed by atoms with van der Waals surface area (Å²) in [5.74, 6) is 0.527. The second-order valence-corrected chi connectivity index (χ2v) is 6.11. The minimum absolute atomic E-state index is 0.229. The predicted molar refractivity (Wildman–Crippen MR) is 80.4 cm³/mol. The molecular formula is C17H23NO3. The molecule has 1 aliphatic carbocycles. The van der Waals surface area contributed by atoms with Crippen molar-refractivity contribution in [2.75, 3.05) is 26.3 Å². The SMILES string of the molecule is O=C(Cc1cccc(O)c1)C1(N2CCOCC2)CCCC1.